The topological polar surface area (TPSA) is 69.6 Å². The number of carboxylic acid groups (broad SMARTS) is 1. The molecule has 2 N–H and O–H groups in total. The third kappa shape index (κ3) is 5.74. The quantitative estimate of drug-likeness (QED) is 0.275. The van der Waals surface area contributed by atoms with Crippen molar-refractivity contribution in [3.05, 3.63) is 48.2 Å². The molecule has 1 saturated carbocycles. The van der Waals surface area contributed by atoms with Crippen LogP contribution in [0.15, 0.2) is 17.7 Å². The smallest absolute Gasteiger partial charge is 0.535 e. The van der Waals surface area contributed by atoms with Gasteiger partial charge in [-0.25, -0.2) is 23.8 Å². The Bertz CT molecular complexity index is 611. The van der Waals surface area contributed by atoms with E-state index in [0.717, 1.165) is 19.2 Å². The van der Waals surface area contributed by atoms with Crippen LogP contribution in [-0.4, -0.2) is 43.0 Å². The maximum Gasteiger partial charge on any atom is 3.00 e. The maximum atomic E-state index is 14.0. The summed E-state index contributed by atoms with van der Waals surface area (Å²) in [6, 6.07) is 4.91. The van der Waals surface area contributed by atoms with E-state index in [2.05, 4.69) is 17.8 Å². The number of nitrogens with one attached hydrogen (secondary N) is 1. The Balaban J connectivity index is 0.000000647. The molecule has 5 nitrogen and oxygen atoms in total. The minimum absolute atomic E-state index is 0. The first-order valence-electron chi connectivity index (χ1n) is 7.39. The molecular formula is C17H18CoFN2O3. The van der Waals surface area contributed by atoms with Gasteiger partial charge in [0.2, 0.25) is 5.97 Å². The molecule has 0 bridgehead atoms. The van der Waals surface area contributed by atoms with Gasteiger partial charge in [-0.3, -0.25) is 0 Å². The fourth-order valence-electron chi connectivity index (χ4n) is 1.98. The number of piperazine rings is 1. The summed E-state index contributed by atoms with van der Waals surface area (Å²) in [5, 5.41) is 11.8. The Morgan fingerprint density at radius 1 is 1.33 bits per heavy atom. The first kappa shape index (κ1) is 20.3. The van der Waals surface area contributed by atoms with E-state index in [1.165, 1.54) is 18.9 Å². The van der Waals surface area contributed by atoms with E-state index in [1.807, 2.05) is 4.90 Å². The van der Waals surface area contributed by atoms with Crippen molar-refractivity contribution in [2.45, 2.75) is 12.8 Å². The standard InChI is InChI=1S/C14H13FN2O3.C3H5.Co/c1-9(14(19)20)13(18)10-2-3-12(11(15)8-10)17-6-4-16-5-7-17;1-2-3-1;/h1,3,8,16H,4-7H2,(H,19,20);1H,2-3H2;/q-2;-1;+3. The minimum Gasteiger partial charge on any atom is -0.535 e. The Hall–Kier alpha value is -1.70. The number of anilines is 1. The van der Waals surface area contributed by atoms with Crippen molar-refractivity contribution in [2.75, 3.05) is 31.1 Å². The van der Waals surface area contributed by atoms with E-state index in [0.29, 0.717) is 18.8 Å². The van der Waals surface area contributed by atoms with Gasteiger partial charge in [-0.05, 0) is 5.69 Å². The second-order valence-corrected chi connectivity index (χ2v) is 5.23. The number of hydrogen-bond acceptors (Lipinski definition) is 4. The van der Waals surface area contributed by atoms with Crippen molar-refractivity contribution < 1.29 is 35.9 Å². The molecule has 3 rings (SSSR count). The van der Waals surface area contributed by atoms with Gasteiger partial charge >= 0.3 is 16.8 Å². The summed E-state index contributed by atoms with van der Waals surface area (Å²) in [6.45, 7) is 7.94. The average Bonchev–Trinajstić information content (AvgIpc) is 3.43. The summed E-state index contributed by atoms with van der Waals surface area (Å²) in [7, 11) is 0. The van der Waals surface area contributed by atoms with Crippen LogP contribution in [0.3, 0.4) is 0 Å². The van der Waals surface area contributed by atoms with Crippen molar-refractivity contribution >= 4 is 17.4 Å². The first-order chi connectivity index (χ1) is 11.0. The number of aliphatic carboxylic acids is 1. The van der Waals surface area contributed by atoms with Crippen LogP contribution in [0.5, 0.6) is 0 Å². The molecule has 130 valence electrons. The predicted octanol–water partition coefficient (Wildman–Crippen LogP) is 1.64. The number of ketones is 1. The van der Waals surface area contributed by atoms with Crippen molar-refractivity contribution in [2.24, 2.45) is 0 Å². The fraction of sp³-hybridized carbons (Fsp3) is 0.353. The van der Waals surface area contributed by atoms with Crippen molar-refractivity contribution in [3.8, 4) is 0 Å². The SMILES string of the molecule is [CH-]1CC1.[CH-]=C(C(=O)O)C(=O)c1[c-]cc(N2CCNCC2)c(F)c1.[Co+3]. The van der Waals surface area contributed by atoms with Crippen LogP contribution >= 0.6 is 0 Å². The number of Topliss-reactive ketones (excluding diaryl/α,β-unsaturated/α-hetero) is 1. The van der Waals surface area contributed by atoms with Gasteiger partial charge < -0.3 is 31.3 Å². The van der Waals surface area contributed by atoms with Crippen molar-refractivity contribution in [3.63, 3.8) is 0 Å². The molecular weight excluding hydrogens is 358 g/mol. The number of hydrogen-bond donors (Lipinski definition) is 2. The molecule has 24 heavy (non-hydrogen) atoms. The number of nitrogens with zero attached hydrogens (tertiary/aromatic N) is 1. The summed E-state index contributed by atoms with van der Waals surface area (Å²) >= 11 is 0. The molecule has 1 heterocycles. The molecule has 1 aliphatic carbocycles. The van der Waals surface area contributed by atoms with Gasteiger partial charge in [-0.2, -0.15) is 0 Å². The zero-order valence-corrected chi connectivity index (χ0v) is 14.0. The van der Waals surface area contributed by atoms with Gasteiger partial charge in [0.1, 0.15) is 0 Å². The van der Waals surface area contributed by atoms with E-state index < -0.39 is 23.1 Å². The van der Waals surface area contributed by atoms with Gasteiger partial charge in [0.05, 0.1) is 11.6 Å². The molecule has 1 saturated heterocycles. The molecule has 0 atom stereocenters. The van der Waals surface area contributed by atoms with Gasteiger partial charge in [-0.15, -0.1) is 23.8 Å². The van der Waals surface area contributed by atoms with Crippen LogP contribution in [0.1, 0.15) is 23.2 Å². The van der Waals surface area contributed by atoms with Crippen LogP contribution in [0.2, 0.25) is 0 Å². The summed E-state index contributed by atoms with van der Waals surface area (Å²) in [6.07, 6.45) is 5.00. The molecule has 0 aromatic heterocycles. The summed E-state index contributed by atoms with van der Waals surface area (Å²) in [5.74, 6) is -3.06. The Morgan fingerprint density at radius 2 is 1.92 bits per heavy atom. The number of carbonyl (C=O) groups is 2. The number of carboxylic acids is 1. The third-order valence-electron chi connectivity index (χ3n) is 3.35. The number of benzene rings is 1. The van der Waals surface area contributed by atoms with Crippen LogP contribution in [0, 0.1) is 24.9 Å². The van der Waals surface area contributed by atoms with Crippen molar-refractivity contribution in [1.29, 1.82) is 0 Å². The van der Waals surface area contributed by atoms with Gasteiger partial charge in [0.15, 0.2) is 0 Å². The third-order valence-corrected chi connectivity index (χ3v) is 3.35. The molecule has 0 spiro atoms. The first-order valence-corrected chi connectivity index (χ1v) is 7.39. The van der Waals surface area contributed by atoms with Gasteiger partial charge in [-0.1, -0.05) is 5.57 Å². The minimum atomic E-state index is -1.53. The summed E-state index contributed by atoms with van der Waals surface area (Å²) < 4.78 is 14.0. The number of halogens is 1. The molecule has 2 fully saturated rings. The largest absolute Gasteiger partial charge is 3.00 e. The second kappa shape index (κ2) is 9.56. The number of rotatable bonds is 4. The van der Waals surface area contributed by atoms with E-state index in [-0.39, 0.29) is 22.3 Å². The van der Waals surface area contributed by atoms with Crippen LogP contribution < -0.4 is 10.2 Å². The molecule has 1 aromatic rings. The average molecular weight is 376 g/mol. The fourth-order valence-corrected chi connectivity index (χ4v) is 1.98. The molecule has 1 aliphatic heterocycles. The van der Waals surface area contributed by atoms with E-state index in [9.17, 15) is 14.0 Å². The Kier molecular flexibility index (Phi) is 8.10. The molecule has 7 heteroatoms. The Morgan fingerprint density at radius 3 is 2.38 bits per heavy atom. The van der Waals surface area contributed by atoms with Crippen LogP contribution in [0.4, 0.5) is 10.1 Å². The monoisotopic (exact) mass is 376 g/mol. The zero-order valence-electron chi connectivity index (χ0n) is 13.0. The predicted molar refractivity (Wildman–Crippen MR) is 83.6 cm³/mol. The Labute approximate surface area is 151 Å². The normalized spacial score (nSPS) is 15.5. The van der Waals surface area contributed by atoms with Gasteiger partial charge in [0.25, 0.3) is 0 Å². The molecule has 1 aromatic carbocycles. The molecule has 2 aliphatic rings. The van der Waals surface area contributed by atoms with Crippen molar-refractivity contribution in [1.82, 2.24) is 5.32 Å². The number of carbonyl (C=O) groups excluding carboxylic acids is 1. The summed E-state index contributed by atoms with van der Waals surface area (Å²) in [5.41, 5.74) is -0.700. The second-order valence-electron chi connectivity index (χ2n) is 5.23. The zero-order chi connectivity index (χ0) is 16.8. The maximum absolute atomic E-state index is 14.0. The molecule has 0 unspecified atom stereocenters. The molecule has 0 radical (unpaired) electrons. The van der Waals surface area contributed by atoms with E-state index >= 15 is 0 Å². The van der Waals surface area contributed by atoms with E-state index in [4.69, 9.17) is 11.7 Å². The van der Waals surface area contributed by atoms with E-state index in [1.54, 1.807) is 0 Å². The molecule has 0 amide bonds. The van der Waals surface area contributed by atoms with Crippen LogP contribution in [0.25, 0.3) is 0 Å². The van der Waals surface area contributed by atoms with Crippen LogP contribution in [-0.2, 0) is 21.6 Å². The van der Waals surface area contributed by atoms with Gasteiger partial charge in [0, 0.05) is 26.2 Å². The summed E-state index contributed by atoms with van der Waals surface area (Å²) in [4.78, 5) is 24.1.